The Morgan fingerprint density at radius 1 is 1.12 bits per heavy atom. The Morgan fingerprint density at radius 3 is 2.56 bits per heavy atom. The third-order valence-electron chi connectivity index (χ3n) is 4.76. The van der Waals surface area contributed by atoms with Crippen molar-refractivity contribution in [3.05, 3.63) is 90.4 Å². The van der Waals surface area contributed by atoms with Crippen molar-refractivity contribution < 1.29 is 28.5 Å². The number of para-hydroxylation sites is 1. The Kier molecular flexibility index (Phi) is 6.22. The van der Waals surface area contributed by atoms with Gasteiger partial charge in [-0.15, -0.1) is 0 Å². The largest absolute Gasteiger partial charge is 1.00 e. The molecule has 2 heterocycles. The van der Waals surface area contributed by atoms with Crippen LogP contribution in [0.25, 0.3) is 6.08 Å². The van der Waals surface area contributed by atoms with Crippen LogP contribution in [0.4, 0.5) is 5.69 Å². The van der Waals surface area contributed by atoms with E-state index < -0.39 is 0 Å². The summed E-state index contributed by atoms with van der Waals surface area (Å²) >= 11 is 0. The normalized spacial score (nSPS) is 16.8. The number of allylic oxidation sites excluding steroid dienone is 4. The molecule has 1 aromatic heterocycles. The number of fused-ring (bicyclic) bond motifs is 1. The van der Waals surface area contributed by atoms with E-state index >= 15 is 0 Å². The molecule has 0 amide bonds. The number of hydrogen-bond donors (Lipinski definition) is 0. The third kappa shape index (κ3) is 3.71. The molecule has 25 heavy (non-hydrogen) atoms. The highest BCUT2D eigenvalue weighted by molar-refractivity contribution is 5.70. The molecule has 1 aromatic carbocycles. The first-order valence-corrected chi connectivity index (χ1v) is 8.37. The minimum atomic E-state index is 0. The molecule has 0 bridgehead atoms. The SMILES string of the molecule is C=CC[n+]1ccccc1C=CC=C1N(C)c2ccccc2C1(C)C.[I-]. The first-order chi connectivity index (χ1) is 11.6. The zero-order chi connectivity index (χ0) is 17.2. The van der Waals surface area contributed by atoms with Crippen LogP contribution in [0, 0.1) is 0 Å². The first-order valence-electron chi connectivity index (χ1n) is 8.37. The number of pyridine rings is 1. The van der Waals surface area contributed by atoms with E-state index in [4.69, 9.17) is 0 Å². The summed E-state index contributed by atoms with van der Waals surface area (Å²) in [5.41, 5.74) is 5.18. The third-order valence-corrected chi connectivity index (χ3v) is 4.76. The summed E-state index contributed by atoms with van der Waals surface area (Å²) in [6, 6.07) is 14.9. The minimum Gasteiger partial charge on any atom is -1.00 e. The molecule has 2 aromatic rings. The van der Waals surface area contributed by atoms with Gasteiger partial charge in [-0.1, -0.05) is 44.7 Å². The summed E-state index contributed by atoms with van der Waals surface area (Å²) in [5, 5.41) is 0. The van der Waals surface area contributed by atoms with Gasteiger partial charge in [0.15, 0.2) is 12.7 Å². The second-order valence-electron chi connectivity index (χ2n) is 6.68. The molecule has 0 radical (unpaired) electrons. The Balaban J connectivity index is 0.00000225. The lowest BCUT2D eigenvalue weighted by atomic mass is 9.84. The van der Waals surface area contributed by atoms with Crippen molar-refractivity contribution in [2.75, 3.05) is 11.9 Å². The topological polar surface area (TPSA) is 7.12 Å². The number of benzene rings is 1. The molecule has 0 N–H and O–H groups in total. The van der Waals surface area contributed by atoms with Gasteiger partial charge in [-0.2, -0.15) is 4.57 Å². The van der Waals surface area contributed by atoms with Crippen LogP contribution in [-0.2, 0) is 12.0 Å². The second-order valence-corrected chi connectivity index (χ2v) is 6.68. The molecule has 0 saturated heterocycles. The van der Waals surface area contributed by atoms with Gasteiger partial charge < -0.3 is 28.9 Å². The molecule has 0 fully saturated rings. The van der Waals surface area contributed by atoms with Crippen molar-refractivity contribution in [3.8, 4) is 0 Å². The molecule has 0 atom stereocenters. The van der Waals surface area contributed by atoms with E-state index in [2.05, 4.69) is 97.8 Å². The molecule has 3 rings (SSSR count). The standard InChI is InChI=1S/C22H25N2.HI/c1-5-16-24-17-9-8-11-18(24)12-10-15-21-22(2,3)19-13-6-7-14-20(19)23(21)4;/h5-15,17H,1,16H2,2-4H3;1H/q+1;/p-1. The van der Waals surface area contributed by atoms with Crippen LogP contribution in [-0.4, -0.2) is 7.05 Å². The van der Waals surface area contributed by atoms with Crippen LogP contribution in [0.1, 0.15) is 25.1 Å². The maximum atomic E-state index is 3.83. The van der Waals surface area contributed by atoms with E-state index in [9.17, 15) is 0 Å². The predicted molar refractivity (Wildman–Crippen MR) is 102 cm³/mol. The van der Waals surface area contributed by atoms with E-state index in [-0.39, 0.29) is 29.4 Å². The van der Waals surface area contributed by atoms with Crippen molar-refractivity contribution in [2.45, 2.75) is 25.8 Å². The average molecular weight is 444 g/mol. The molecular weight excluding hydrogens is 419 g/mol. The summed E-state index contributed by atoms with van der Waals surface area (Å²) in [5.74, 6) is 0. The lowest BCUT2D eigenvalue weighted by molar-refractivity contribution is -0.688. The molecule has 0 saturated carbocycles. The predicted octanol–water partition coefficient (Wildman–Crippen LogP) is 1.49. The van der Waals surface area contributed by atoms with Gasteiger partial charge in [0.2, 0.25) is 5.69 Å². The van der Waals surface area contributed by atoms with Gasteiger partial charge in [0.1, 0.15) is 0 Å². The van der Waals surface area contributed by atoms with Crippen LogP contribution < -0.4 is 33.4 Å². The Bertz CT molecular complexity index is 818. The smallest absolute Gasteiger partial charge is 0.205 e. The summed E-state index contributed by atoms with van der Waals surface area (Å²) in [6.45, 7) is 9.22. The van der Waals surface area contributed by atoms with Gasteiger partial charge in [-0.3, -0.25) is 0 Å². The minimum absolute atomic E-state index is 0. The summed E-state index contributed by atoms with van der Waals surface area (Å²) < 4.78 is 2.18. The van der Waals surface area contributed by atoms with Gasteiger partial charge in [0.05, 0.1) is 0 Å². The fourth-order valence-corrected chi connectivity index (χ4v) is 3.49. The van der Waals surface area contributed by atoms with Crippen molar-refractivity contribution in [3.63, 3.8) is 0 Å². The molecular formula is C22H25IN2. The van der Waals surface area contributed by atoms with E-state index in [1.165, 1.54) is 22.6 Å². The zero-order valence-electron chi connectivity index (χ0n) is 15.1. The summed E-state index contributed by atoms with van der Waals surface area (Å²) in [6.07, 6.45) is 10.5. The highest BCUT2D eigenvalue weighted by atomic mass is 127. The van der Waals surface area contributed by atoms with Gasteiger partial charge >= 0.3 is 0 Å². The average Bonchev–Trinajstić information content (AvgIpc) is 2.78. The molecule has 130 valence electrons. The lowest BCUT2D eigenvalue weighted by Gasteiger charge is -2.23. The van der Waals surface area contributed by atoms with Gasteiger partial charge in [-0.25, -0.2) is 0 Å². The van der Waals surface area contributed by atoms with Crippen LogP contribution in [0.15, 0.2) is 79.2 Å². The van der Waals surface area contributed by atoms with Gasteiger partial charge in [0.25, 0.3) is 0 Å². The summed E-state index contributed by atoms with van der Waals surface area (Å²) in [4.78, 5) is 2.29. The molecule has 3 heteroatoms. The number of hydrogen-bond acceptors (Lipinski definition) is 1. The number of halogens is 1. The van der Waals surface area contributed by atoms with E-state index in [0.717, 1.165) is 6.54 Å². The highest BCUT2D eigenvalue weighted by Gasteiger charge is 2.37. The molecule has 1 aliphatic heterocycles. The van der Waals surface area contributed by atoms with Gasteiger partial charge in [0, 0.05) is 42.1 Å². The number of nitrogens with zero attached hydrogens (tertiary/aromatic N) is 2. The highest BCUT2D eigenvalue weighted by Crippen LogP contribution is 2.46. The number of likely N-dealkylation sites (N-methyl/N-ethyl adjacent to an activating group) is 1. The van der Waals surface area contributed by atoms with Crippen molar-refractivity contribution in [2.24, 2.45) is 0 Å². The van der Waals surface area contributed by atoms with Crippen molar-refractivity contribution >= 4 is 11.8 Å². The second kappa shape index (κ2) is 8.00. The fourth-order valence-electron chi connectivity index (χ4n) is 3.49. The van der Waals surface area contributed by atoms with E-state index in [1.807, 2.05) is 12.1 Å². The summed E-state index contributed by atoms with van der Waals surface area (Å²) in [7, 11) is 2.15. The molecule has 2 nitrogen and oxygen atoms in total. The number of rotatable bonds is 4. The first kappa shape index (κ1) is 19.4. The fraction of sp³-hybridized carbons (Fsp3) is 0.227. The van der Waals surface area contributed by atoms with Crippen LogP contribution in [0.5, 0.6) is 0 Å². The Labute approximate surface area is 168 Å². The molecule has 0 spiro atoms. The van der Waals surface area contributed by atoms with Crippen molar-refractivity contribution in [1.29, 1.82) is 0 Å². The maximum Gasteiger partial charge on any atom is 0.205 e. The molecule has 0 unspecified atom stereocenters. The van der Waals surface area contributed by atoms with Gasteiger partial charge in [-0.05, 0) is 29.8 Å². The zero-order valence-corrected chi connectivity index (χ0v) is 17.3. The van der Waals surface area contributed by atoms with E-state index in [1.54, 1.807) is 0 Å². The van der Waals surface area contributed by atoms with Crippen molar-refractivity contribution in [1.82, 2.24) is 0 Å². The Morgan fingerprint density at radius 2 is 1.84 bits per heavy atom. The van der Waals surface area contributed by atoms with E-state index in [0.29, 0.717) is 0 Å². The van der Waals surface area contributed by atoms with Crippen LogP contribution in [0.3, 0.4) is 0 Å². The quantitative estimate of drug-likeness (QED) is 0.394. The van der Waals surface area contributed by atoms with Crippen LogP contribution >= 0.6 is 0 Å². The molecule has 1 aliphatic rings. The Hall–Kier alpha value is -1.88. The monoisotopic (exact) mass is 444 g/mol. The maximum absolute atomic E-state index is 3.83. The number of anilines is 1. The number of aromatic nitrogens is 1. The molecule has 0 aliphatic carbocycles. The van der Waals surface area contributed by atoms with Crippen LogP contribution in [0.2, 0.25) is 0 Å². The lowest BCUT2D eigenvalue weighted by Crippen LogP contribution is -3.00.